The maximum absolute atomic E-state index is 12.4. The van der Waals surface area contributed by atoms with Crippen molar-refractivity contribution in [2.45, 2.75) is 76.5 Å². The van der Waals surface area contributed by atoms with E-state index in [2.05, 4.69) is 63.8 Å². The van der Waals surface area contributed by atoms with E-state index in [0.29, 0.717) is 12.4 Å². The summed E-state index contributed by atoms with van der Waals surface area (Å²) < 4.78 is 5.47. The molecular weight excluding hydrogens is 568 g/mol. The van der Waals surface area contributed by atoms with Gasteiger partial charge in [0, 0.05) is 23.9 Å². The molecule has 5 aromatic rings. The highest BCUT2D eigenvalue weighted by atomic mass is 16.6. The number of nitrogens with one attached hydrogen (secondary N) is 3. The zero-order valence-electron chi connectivity index (χ0n) is 25.8. The smallest absolute Gasteiger partial charge is 0.407 e. The molecule has 10 nitrogen and oxygen atoms in total. The topological polar surface area (TPSA) is 136 Å². The predicted molar refractivity (Wildman–Crippen MR) is 173 cm³/mol. The van der Waals surface area contributed by atoms with E-state index in [0.717, 1.165) is 82.1 Å². The van der Waals surface area contributed by atoms with Crippen molar-refractivity contribution >= 4 is 34.0 Å². The predicted octanol–water partition coefficient (Wildman–Crippen LogP) is 7.75. The molecule has 1 saturated heterocycles. The van der Waals surface area contributed by atoms with Crippen LogP contribution < -0.4 is 5.32 Å². The monoisotopic (exact) mass is 606 g/mol. The second kappa shape index (κ2) is 11.3. The summed E-state index contributed by atoms with van der Waals surface area (Å²) in [7, 11) is 0. The van der Waals surface area contributed by atoms with E-state index in [1.807, 2.05) is 33.0 Å². The number of ether oxygens (including phenoxy) is 1. The normalized spacial score (nSPS) is 20.2. The number of hydrogen-bond acceptors (Lipinski definition) is 5. The number of carboxylic acid groups (broad SMARTS) is 1. The van der Waals surface area contributed by atoms with Crippen molar-refractivity contribution in [2.24, 2.45) is 0 Å². The van der Waals surface area contributed by atoms with Crippen molar-refractivity contribution in [2.75, 3.05) is 6.54 Å². The largest absolute Gasteiger partial charge is 0.465 e. The molecule has 1 unspecified atom stereocenters. The lowest BCUT2D eigenvalue weighted by Crippen LogP contribution is -2.40. The number of amides is 2. The molecule has 0 spiro atoms. The molecule has 3 heterocycles. The number of alkyl carbamates (subject to hydrolysis) is 1. The third-order valence-corrected chi connectivity index (χ3v) is 8.99. The van der Waals surface area contributed by atoms with Gasteiger partial charge >= 0.3 is 12.2 Å². The standard InChI is InChI=1S/C35H38N6O4/c1-35(2,3)45-33(42)39-26-7-4-6-25(26)31-36-19-28(38-31)21-11-9-20(10-12-21)22-13-15-24-23(18-22)14-16-27-30(24)40-32(37-27)29-8-5-17-41(29)34(43)44/h9-16,18-19,25-26,29H,4-8,17H2,1-3H3,(H,36,38)(H,37,40)(H,39,42)(H,43,44)/t25-,26-,29?/m1/s1. The van der Waals surface area contributed by atoms with Gasteiger partial charge in [-0.05, 0) is 80.7 Å². The molecule has 7 rings (SSSR count). The first-order valence-corrected chi connectivity index (χ1v) is 15.7. The Bertz CT molecular complexity index is 1890. The van der Waals surface area contributed by atoms with Crippen molar-refractivity contribution in [3.05, 3.63) is 72.4 Å². The van der Waals surface area contributed by atoms with Crippen LogP contribution in [-0.4, -0.2) is 60.3 Å². The minimum absolute atomic E-state index is 0.00874. The number of carbonyl (C=O) groups is 2. The Kier molecular flexibility index (Phi) is 7.22. The van der Waals surface area contributed by atoms with E-state index in [9.17, 15) is 14.7 Å². The average Bonchev–Trinajstić information content (AvgIpc) is 3.81. The summed E-state index contributed by atoms with van der Waals surface area (Å²) in [4.78, 5) is 42.0. The lowest BCUT2D eigenvalue weighted by molar-refractivity contribution is 0.0500. The van der Waals surface area contributed by atoms with Crippen LogP contribution >= 0.6 is 0 Å². The highest BCUT2D eigenvalue weighted by Gasteiger charge is 2.34. The Morgan fingerprint density at radius 1 is 0.933 bits per heavy atom. The van der Waals surface area contributed by atoms with E-state index >= 15 is 0 Å². The number of benzene rings is 3. The zero-order valence-corrected chi connectivity index (χ0v) is 25.8. The van der Waals surface area contributed by atoms with Crippen molar-refractivity contribution < 1.29 is 19.4 Å². The molecule has 0 bridgehead atoms. The molecule has 3 aromatic carbocycles. The second-order valence-corrected chi connectivity index (χ2v) is 13.2. The SMILES string of the molecule is CC(C)(C)OC(=O)N[C@@H]1CCC[C@H]1c1ncc(-c2ccc(-c3ccc4c(ccc5[nH]c(C6CCCN6C(=O)O)nc54)c3)cc2)[nH]1. The molecule has 4 N–H and O–H groups in total. The fourth-order valence-electron chi connectivity index (χ4n) is 6.87. The molecule has 1 saturated carbocycles. The van der Waals surface area contributed by atoms with Crippen LogP contribution in [-0.2, 0) is 4.74 Å². The fraction of sp³-hybridized carbons (Fsp3) is 0.371. The van der Waals surface area contributed by atoms with Gasteiger partial charge in [-0.15, -0.1) is 0 Å². The Morgan fingerprint density at radius 2 is 1.71 bits per heavy atom. The van der Waals surface area contributed by atoms with Gasteiger partial charge < -0.3 is 25.1 Å². The quantitative estimate of drug-likeness (QED) is 0.161. The van der Waals surface area contributed by atoms with Crippen LogP contribution in [0.15, 0.2) is 60.8 Å². The van der Waals surface area contributed by atoms with Gasteiger partial charge in [-0.2, -0.15) is 0 Å². The van der Waals surface area contributed by atoms with Gasteiger partial charge in [0.1, 0.15) is 17.2 Å². The minimum atomic E-state index is -0.901. The molecule has 232 valence electrons. The molecule has 10 heteroatoms. The summed E-state index contributed by atoms with van der Waals surface area (Å²) in [5, 5.41) is 14.7. The van der Waals surface area contributed by atoms with Crippen LogP contribution in [0.5, 0.6) is 0 Å². The molecule has 2 amide bonds. The number of imidazole rings is 2. The molecule has 45 heavy (non-hydrogen) atoms. The van der Waals surface area contributed by atoms with E-state index in [1.165, 1.54) is 4.90 Å². The van der Waals surface area contributed by atoms with Crippen molar-refractivity contribution in [1.82, 2.24) is 30.2 Å². The van der Waals surface area contributed by atoms with E-state index in [1.54, 1.807) is 0 Å². The first kappa shape index (κ1) is 28.9. The number of rotatable bonds is 5. The summed E-state index contributed by atoms with van der Waals surface area (Å²) in [6.45, 7) is 6.14. The van der Waals surface area contributed by atoms with Gasteiger partial charge in [0.25, 0.3) is 0 Å². The molecule has 2 fully saturated rings. The third kappa shape index (κ3) is 5.72. The highest BCUT2D eigenvalue weighted by molar-refractivity contribution is 6.05. The van der Waals surface area contributed by atoms with Crippen LogP contribution in [0.4, 0.5) is 9.59 Å². The number of likely N-dealkylation sites (tertiary alicyclic amines) is 1. The Balaban J connectivity index is 1.08. The average molecular weight is 607 g/mol. The summed E-state index contributed by atoms with van der Waals surface area (Å²) in [6.07, 6.45) is 5.08. The number of aromatic nitrogens is 4. The summed E-state index contributed by atoms with van der Waals surface area (Å²) >= 11 is 0. The lowest BCUT2D eigenvalue weighted by Gasteiger charge is -2.24. The van der Waals surface area contributed by atoms with Crippen LogP contribution in [0, 0.1) is 0 Å². The molecule has 2 aromatic heterocycles. The van der Waals surface area contributed by atoms with E-state index in [-0.39, 0.29) is 24.1 Å². The lowest BCUT2D eigenvalue weighted by atomic mass is 9.99. The van der Waals surface area contributed by atoms with Crippen molar-refractivity contribution in [1.29, 1.82) is 0 Å². The number of H-pyrrole nitrogens is 2. The number of aromatic amines is 2. The molecule has 0 radical (unpaired) electrons. The molecule has 3 atom stereocenters. The van der Waals surface area contributed by atoms with Crippen molar-refractivity contribution in [3.8, 4) is 22.4 Å². The zero-order chi connectivity index (χ0) is 31.3. The molecular formula is C35H38N6O4. The molecule has 1 aliphatic heterocycles. The van der Waals surface area contributed by atoms with Gasteiger partial charge in [-0.3, -0.25) is 4.90 Å². The Hall–Kier alpha value is -4.86. The van der Waals surface area contributed by atoms with E-state index in [4.69, 9.17) is 14.7 Å². The molecule has 1 aliphatic carbocycles. The van der Waals surface area contributed by atoms with E-state index < -0.39 is 11.7 Å². The number of carbonyl (C=O) groups excluding carboxylic acids is 1. The van der Waals surface area contributed by atoms with Crippen LogP contribution in [0.3, 0.4) is 0 Å². The number of nitrogens with zero attached hydrogens (tertiary/aromatic N) is 3. The summed E-state index contributed by atoms with van der Waals surface area (Å²) in [5.74, 6) is 1.72. The molecule has 2 aliphatic rings. The van der Waals surface area contributed by atoms with Crippen LogP contribution in [0.1, 0.15) is 76.5 Å². The van der Waals surface area contributed by atoms with Crippen LogP contribution in [0.25, 0.3) is 44.2 Å². The Morgan fingerprint density at radius 3 is 2.49 bits per heavy atom. The first-order valence-electron chi connectivity index (χ1n) is 15.7. The summed E-state index contributed by atoms with van der Waals surface area (Å²) in [5.41, 5.74) is 5.43. The van der Waals surface area contributed by atoms with Gasteiger partial charge in [-0.25, -0.2) is 19.6 Å². The fourth-order valence-corrected chi connectivity index (χ4v) is 6.87. The number of hydrogen-bond donors (Lipinski definition) is 4. The summed E-state index contributed by atoms with van der Waals surface area (Å²) in [6, 6.07) is 18.7. The van der Waals surface area contributed by atoms with Gasteiger partial charge in [-0.1, -0.05) is 48.9 Å². The number of fused-ring (bicyclic) bond motifs is 3. The third-order valence-electron chi connectivity index (χ3n) is 8.99. The van der Waals surface area contributed by atoms with Crippen LogP contribution in [0.2, 0.25) is 0 Å². The Labute approximate surface area is 261 Å². The maximum Gasteiger partial charge on any atom is 0.407 e. The minimum Gasteiger partial charge on any atom is -0.465 e. The van der Waals surface area contributed by atoms with Gasteiger partial charge in [0.2, 0.25) is 0 Å². The van der Waals surface area contributed by atoms with Gasteiger partial charge in [0.15, 0.2) is 0 Å². The highest BCUT2D eigenvalue weighted by Crippen LogP contribution is 2.36. The second-order valence-electron chi connectivity index (χ2n) is 13.2. The first-order chi connectivity index (χ1) is 21.6. The maximum atomic E-state index is 12.4. The van der Waals surface area contributed by atoms with Crippen molar-refractivity contribution in [3.63, 3.8) is 0 Å². The van der Waals surface area contributed by atoms with Gasteiger partial charge in [0.05, 0.1) is 29.0 Å².